The summed E-state index contributed by atoms with van der Waals surface area (Å²) in [5, 5.41) is 14.7. The van der Waals surface area contributed by atoms with E-state index in [4.69, 9.17) is 9.94 Å². The largest absolute Gasteiger partial charge is 0.477 e. The summed E-state index contributed by atoms with van der Waals surface area (Å²) < 4.78 is 0.875. The number of carboxylic acid groups (broad SMARTS) is 1. The maximum atomic E-state index is 11.9. The second kappa shape index (κ2) is 5.40. The second-order valence-corrected chi connectivity index (χ2v) is 4.95. The Hall–Kier alpha value is -1.89. The fourth-order valence-corrected chi connectivity index (χ4v) is 1.92. The normalized spacial score (nSPS) is 17.6. The molecule has 0 saturated heterocycles. The summed E-state index contributed by atoms with van der Waals surface area (Å²) in [6, 6.07) is 5.38. The van der Waals surface area contributed by atoms with E-state index in [1.807, 2.05) is 13.0 Å². The van der Waals surface area contributed by atoms with Crippen molar-refractivity contribution in [3.8, 4) is 0 Å². The first-order valence-corrected chi connectivity index (χ1v) is 6.29. The first-order chi connectivity index (χ1) is 8.97. The molecule has 100 valence electrons. The monoisotopic (exact) mass is 326 g/mol. The fraction of sp³-hybridized carbons (Fsp3) is 0.250. The Bertz CT molecular complexity index is 571. The molecule has 1 heterocycles. The smallest absolute Gasteiger partial charge is 0.353 e. The van der Waals surface area contributed by atoms with Crippen LogP contribution in [0, 0.1) is 6.92 Å². The van der Waals surface area contributed by atoms with Crippen LogP contribution in [0.2, 0.25) is 0 Å². The fourth-order valence-electron chi connectivity index (χ4n) is 1.54. The third-order valence-corrected chi connectivity index (χ3v) is 3.50. The van der Waals surface area contributed by atoms with Crippen molar-refractivity contribution < 1.29 is 19.5 Å². The summed E-state index contributed by atoms with van der Waals surface area (Å²) in [6.07, 6.45) is -0.931. The van der Waals surface area contributed by atoms with E-state index in [-0.39, 0.29) is 12.1 Å². The predicted octanol–water partition coefficient (Wildman–Crippen LogP) is 1.93. The lowest BCUT2D eigenvalue weighted by Gasteiger charge is -2.10. The SMILES string of the molecule is Cc1ccc(NC(=O)C2CC(C(=O)O)=NO2)cc1Br. The summed E-state index contributed by atoms with van der Waals surface area (Å²) in [6.45, 7) is 1.93. The van der Waals surface area contributed by atoms with Gasteiger partial charge in [0.25, 0.3) is 5.91 Å². The zero-order valence-electron chi connectivity index (χ0n) is 10.0. The van der Waals surface area contributed by atoms with Crippen molar-refractivity contribution in [3.05, 3.63) is 28.2 Å². The highest BCUT2D eigenvalue weighted by Gasteiger charge is 2.31. The van der Waals surface area contributed by atoms with E-state index < -0.39 is 18.0 Å². The number of carboxylic acids is 1. The van der Waals surface area contributed by atoms with Crippen LogP contribution in [-0.2, 0) is 14.4 Å². The van der Waals surface area contributed by atoms with Crippen molar-refractivity contribution in [1.82, 2.24) is 0 Å². The molecule has 2 N–H and O–H groups in total. The number of nitrogens with one attached hydrogen (secondary N) is 1. The Kier molecular flexibility index (Phi) is 3.84. The lowest BCUT2D eigenvalue weighted by atomic mass is 10.1. The number of benzene rings is 1. The highest BCUT2D eigenvalue weighted by Crippen LogP contribution is 2.21. The minimum absolute atomic E-state index is 0.0335. The highest BCUT2D eigenvalue weighted by atomic mass is 79.9. The summed E-state index contributed by atoms with van der Waals surface area (Å²) in [4.78, 5) is 27.3. The number of anilines is 1. The molecule has 1 aliphatic rings. The number of amides is 1. The van der Waals surface area contributed by atoms with Gasteiger partial charge in [0, 0.05) is 16.6 Å². The molecule has 0 bridgehead atoms. The molecule has 1 aliphatic heterocycles. The average Bonchev–Trinajstić information content (AvgIpc) is 2.83. The Morgan fingerprint density at radius 2 is 2.26 bits per heavy atom. The van der Waals surface area contributed by atoms with Gasteiger partial charge in [-0.2, -0.15) is 0 Å². The van der Waals surface area contributed by atoms with Crippen molar-refractivity contribution in [1.29, 1.82) is 0 Å². The standard InChI is InChI=1S/C12H11BrN2O4/c1-6-2-3-7(4-8(6)13)14-11(16)10-5-9(12(17)18)15-19-10/h2-4,10H,5H2,1H3,(H,14,16)(H,17,18). The Balaban J connectivity index is 1.99. The van der Waals surface area contributed by atoms with E-state index >= 15 is 0 Å². The van der Waals surface area contributed by atoms with Gasteiger partial charge in [-0.05, 0) is 24.6 Å². The van der Waals surface area contributed by atoms with Gasteiger partial charge in [0.05, 0.1) is 0 Å². The number of aliphatic carboxylic acids is 1. The molecule has 0 aliphatic carbocycles. The van der Waals surface area contributed by atoms with Gasteiger partial charge >= 0.3 is 5.97 Å². The highest BCUT2D eigenvalue weighted by molar-refractivity contribution is 9.10. The Morgan fingerprint density at radius 3 is 2.84 bits per heavy atom. The number of aryl methyl sites for hydroxylation is 1. The first kappa shape index (κ1) is 13.5. The second-order valence-electron chi connectivity index (χ2n) is 4.09. The van der Waals surface area contributed by atoms with Crippen LogP contribution in [0.15, 0.2) is 27.8 Å². The summed E-state index contributed by atoms with van der Waals surface area (Å²) >= 11 is 3.37. The van der Waals surface area contributed by atoms with Gasteiger partial charge in [-0.15, -0.1) is 0 Å². The van der Waals surface area contributed by atoms with E-state index in [2.05, 4.69) is 26.4 Å². The van der Waals surface area contributed by atoms with Crippen molar-refractivity contribution in [2.75, 3.05) is 5.32 Å². The topological polar surface area (TPSA) is 88.0 Å². The van der Waals surface area contributed by atoms with Crippen LogP contribution >= 0.6 is 15.9 Å². The molecule has 0 fully saturated rings. The van der Waals surface area contributed by atoms with E-state index in [0.717, 1.165) is 10.0 Å². The third kappa shape index (κ3) is 3.11. The van der Waals surface area contributed by atoms with Gasteiger partial charge in [0.2, 0.25) is 6.10 Å². The van der Waals surface area contributed by atoms with E-state index in [1.54, 1.807) is 12.1 Å². The van der Waals surface area contributed by atoms with E-state index in [1.165, 1.54) is 0 Å². The first-order valence-electron chi connectivity index (χ1n) is 5.50. The summed E-state index contributed by atoms with van der Waals surface area (Å²) in [7, 11) is 0. The molecule has 1 aromatic carbocycles. The molecule has 7 heteroatoms. The molecule has 1 aromatic rings. The number of nitrogens with zero attached hydrogens (tertiary/aromatic N) is 1. The molecule has 0 radical (unpaired) electrons. The Morgan fingerprint density at radius 1 is 1.53 bits per heavy atom. The number of halogens is 1. The van der Waals surface area contributed by atoms with Crippen LogP contribution in [0.4, 0.5) is 5.69 Å². The van der Waals surface area contributed by atoms with Crippen molar-refractivity contribution in [2.45, 2.75) is 19.4 Å². The maximum Gasteiger partial charge on any atom is 0.353 e. The molecule has 19 heavy (non-hydrogen) atoms. The van der Waals surface area contributed by atoms with Gasteiger partial charge in [-0.1, -0.05) is 27.2 Å². The zero-order valence-corrected chi connectivity index (χ0v) is 11.6. The molecular weight excluding hydrogens is 316 g/mol. The molecule has 1 unspecified atom stereocenters. The average molecular weight is 327 g/mol. The number of oxime groups is 1. The zero-order chi connectivity index (χ0) is 14.0. The Labute approximate surface area is 117 Å². The number of hydrogen-bond donors (Lipinski definition) is 2. The minimum atomic E-state index is -1.17. The van der Waals surface area contributed by atoms with Crippen molar-refractivity contribution in [2.24, 2.45) is 5.16 Å². The molecule has 0 aromatic heterocycles. The molecule has 6 nitrogen and oxygen atoms in total. The minimum Gasteiger partial charge on any atom is -0.477 e. The third-order valence-electron chi connectivity index (χ3n) is 2.65. The summed E-state index contributed by atoms with van der Waals surface area (Å²) in [5.41, 5.74) is 1.51. The van der Waals surface area contributed by atoms with Gasteiger partial charge in [0.15, 0.2) is 5.71 Å². The van der Waals surface area contributed by atoms with Gasteiger partial charge < -0.3 is 15.3 Å². The summed E-state index contributed by atoms with van der Waals surface area (Å²) in [5.74, 6) is -1.59. The number of carbonyl (C=O) groups excluding carboxylic acids is 1. The van der Waals surface area contributed by atoms with E-state index in [9.17, 15) is 9.59 Å². The van der Waals surface area contributed by atoms with Crippen LogP contribution in [-0.4, -0.2) is 28.8 Å². The molecule has 1 atom stereocenters. The van der Waals surface area contributed by atoms with Gasteiger partial charge in [0.1, 0.15) is 0 Å². The van der Waals surface area contributed by atoms with Gasteiger partial charge in [-0.3, -0.25) is 4.79 Å². The number of hydrogen-bond acceptors (Lipinski definition) is 4. The number of rotatable bonds is 3. The molecule has 0 spiro atoms. The van der Waals surface area contributed by atoms with Crippen molar-refractivity contribution in [3.63, 3.8) is 0 Å². The molecule has 0 saturated carbocycles. The van der Waals surface area contributed by atoms with Crippen LogP contribution in [0.5, 0.6) is 0 Å². The van der Waals surface area contributed by atoms with Gasteiger partial charge in [-0.25, -0.2) is 4.79 Å². The van der Waals surface area contributed by atoms with Crippen molar-refractivity contribution >= 4 is 39.2 Å². The quantitative estimate of drug-likeness (QED) is 0.888. The number of carbonyl (C=O) groups is 2. The lowest BCUT2D eigenvalue weighted by Crippen LogP contribution is -2.28. The molecule has 1 amide bonds. The maximum absolute atomic E-state index is 11.9. The van der Waals surface area contributed by atoms with Crippen LogP contribution in [0.3, 0.4) is 0 Å². The lowest BCUT2D eigenvalue weighted by molar-refractivity contribution is -0.129. The van der Waals surface area contributed by atoms with Crippen LogP contribution in [0.1, 0.15) is 12.0 Å². The van der Waals surface area contributed by atoms with Crippen LogP contribution in [0.25, 0.3) is 0 Å². The molecule has 2 rings (SSSR count). The predicted molar refractivity (Wildman–Crippen MR) is 72.1 cm³/mol. The molecular formula is C12H11BrN2O4. The van der Waals surface area contributed by atoms with E-state index in [0.29, 0.717) is 5.69 Å². The van der Waals surface area contributed by atoms with Crippen LogP contribution < -0.4 is 5.32 Å².